The third-order valence-corrected chi connectivity index (χ3v) is 2.78. The maximum absolute atomic E-state index is 12.8. The van der Waals surface area contributed by atoms with Crippen molar-refractivity contribution >= 4 is 5.88 Å². The molecule has 0 saturated carbocycles. The van der Waals surface area contributed by atoms with Crippen LogP contribution in [0.3, 0.4) is 0 Å². The number of hydrogen-bond donors (Lipinski definition) is 1. The van der Waals surface area contributed by atoms with Crippen LogP contribution in [0, 0.1) is 15.9 Å². The number of furan rings is 1. The van der Waals surface area contributed by atoms with E-state index in [1.807, 2.05) is 6.92 Å². The van der Waals surface area contributed by atoms with Crippen LogP contribution in [0.4, 0.5) is 10.3 Å². The Kier molecular flexibility index (Phi) is 3.91. The number of nitrogens with one attached hydrogen (secondary N) is 1. The van der Waals surface area contributed by atoms with Gasteiger partial charge in [-0.1, -0.05) is 12.1 Å². The Hall–Kier alpha value is -2.21. The fourth-order valence-corrected chi connectivity index (χ4v) is 1.68. The summed E-state index contributed by atoms with van der Waals surface area (Å²) in [6, 6.07) is 9.04. The molecule has 1 heterocycles. The van der Waals surface area contributed by atoms with Gasteiger partial charge in [0.2, 0.25) is 0 Å². The van der Waals surface area contributed by atoms with Crippen molar-refractivity contribution in [1.29, 1.82) is 0 Å². The topological polar surface area (TPSA) is 68.3 Å². The van der Waals surface area contributed by atoms with Crippen molar-refractivity contribution < 1.29 is 13.7 Å². The fourth-order valence-electron chi connectivity index (χ4n) is 1.68. The molecule has 5 nitrogen and oxygen atoms in total. The molecule has 100 valence electrons. The summed E-state index contributed by atoms with van der Waals surface area (Å²) in [7, 11) is 0. The minimum Gasteiger partial charge on any atom is -0.404 e. The summed E-state index contributed by atoms with van der Waals surface area (Å²) < 4.78 is 17.8. The molecule has 0 aliphatic rings. The second kappa shape index (κ2) is 5.62. The molecule has 1 atom stereocenters. The maximum atomic E-state index is 12.8. The number of nitro groups is 1. The van der Waals surface area contributed by atoms with Crippen molar-refractivity contribution in [2.75, 3.05) is 0 Å². The molecular weight excluding hydrogens is 251 g/mol. The van der Waals surface area contributed by atoms with Gasteiger partial charge in [-0.15, -0.1) is 0 Å². The monoisotopic (exact) mass is 264 g/mol. The average molecular weight is 264 g/mol. The number of halogens is 1. The predicted octanol–water partition coefficient (Wildman–Crippen LogP) is 3.18. The molecular formula is C13H13FN2O3. The highest BCUT2D eigenvalue weighted by Crippen LogP contribution is 2.17. The largest absolute Gasteiger partial charge is 0.433 e. The van der Waals surface area contributed by atoms with E-state index in [2.05, 4.69) is 5.32 Å². The van der Waals surface area contributed by atoms with E-state index < -0.39 is 4.92 Å². The summed E-state index contributed by atoms with van der Waals surface area (Å²) in [5.74, 6) is -0.0653. The SMILES string of the molecule is C[C@@H](NCc1ccc([N+](=O)[O-])o1)c1ccc(F)cc1. The lowest BCUT2D eigenvalue weighted by Gasteiger charge is -2.12. The zero-order valence-corrected chi connectivity index (χ0v) is 10.3. The Bertz CT molecular complexity index is 566. The number of hydrogen-bond acceptors (Lipinski definition) is 4. The van der Waals surface area contributed by atoms with Gasteiger partial charge >= 0.3 is 5.88 Å². The maximum Gasteiger partial charge on any atom is 0.433 e. The van der Waals surface area contributed by atoms with E-state index >= 15 is 0 Å². The first-order chi connectivity index (χ1) is 9.06. The molecule has 19 heavy (non-hydrogen) atoms. The molecule has 2 aromatic rings. The van der Waals surface area contributed by atoms with Gasteiger partial charge in [-0.25, -0.2) is 4.39 Å². The van der Waals surface area contributed by atoms with Gasteiger partial charge in [0, 0.05) is 6.04 Å². The van der Waals surface area contributed by atoms with Gasteiger partial charge in [0.15, 0.2) is 0 Å². The van der Waals surface area contributed by atoms with Crippen molar-refractivity contribution in [2.24, 2.45) is 0 Å². The zero-order valence-electron chi connectivity index (χ0n) is 10.3. The van der Waals surface area contributed by atoms with Crippen LogP contribution in [0.5, 0.6) is 0 Å². The molecule has 0 unspecified atom stereocenters. The van der Waals surface area contributed by atoms with Crippen LogP contribution in [0.25, 0.3) is 0 Å². The molecule has 2 rings (SSSR count). The minimum absolute atomic E-state index is 0.00949. The zero-order chi connectivity index (χ0) is 13.8. The van der Waals surface area contributed by atoms with E-state index in [4.69, 9.17) is 4.42 Å². The van der Waals surface area contributed by atoms with Crippen LogP contribution >= 0.6 is 0 Å². The number of rotatable bonds is 5. The van der Waals surface area contributed by atoms with Crippen LogP contribution in [-0.2, 0) is 6.54 Å². The fraction of sp³-hybridized carbons (Fsp3) is 0.231. The summed E-state index contributed by atoms with van der Waals surface area (Å²) in [6.07, 6.45) is 0. The molecule has 0 radical (unpaired) electrons. The normalized spacial score (nSPS) is 12.3. The molecule has 1 aromatic carbocycles. The third kappa shape index (κ3) is 3.38. The lowest BCUT2D eigenvalue weighted by atomic mass is 10.1. The van der Waals surface area contributed by atoms with Crippen LogP contribution in [0.15, 0.2) is 40.8 Å². The third-order valence-electron chi connectivity index (χ3n) is 2.78. The van der Waals surface area contributed by atoms with Crippen LogP contribution < -0.4 is 5.32 Å². The van der Waals surface area contributed by atoms with E-state index in [1.165, 1.54) is 18.2 Å². The first kappa shape index (κ1) is 13.2. The molecule has 1 N–H and O–H groups in total. The number of benzene rings is 1. The van der Waals surface area contributed by atoms with Crippen LogP contribution in [-0.4, -0.2) is 4.92 Å². The van der Waals surface area contributed by atoms with E-state index in [0.717, 1.165) is 5.56 Å². The lowest BCUT2D eigenvalue weighted by molar-refractivity contribution is -0.402. The van der Waals surface area contributed by atoms with Gasteiger partial charge in [-0.05, 0) is 30.7 Å². The second-order valence-electron chi connectivity index (χ2n) is 4.15. The summed E-state index contributed by atoms with van der Waals surface area (Å²) in [6.45, 7) is 2.29. The van der Waals surface area contributed by atoms with Crippen molar-refractivity contribution in [1.82, 2.24) is 5.32 Å². The molecule has 0 saturated heterocycles. The molecule has 0 bridgehead atoms. The summed E-state index contributed by atoms with van der Waals surface area (Å²) in [5.41, 5.74) is 0.933. The first-order valence-electron chi connectivity index (χ1n) is 5.78. The molecule has 0 spiro atoms. The van der Waals surface area contributed by atoms with Crippen LogP contribution in [0.2, 0.25) is 0 Å². The highest BCUT2D eigenvalue weighted by Gasteiger charge is 2.12. The van der Waals surface area contributed by atoms with Gasteiger partial charge in [-0.3, -0.25) is 10.1 Å². The second-order valence-corrected chi connectivity index (χ2v) is 4.15. The van der Waals surface area contributed by atoms with Crippen molar-refractivity contribution in [2.45, 2.75) is 19.5 Å². The molecule has 1 aromatic heterocycles. The Balaban J connectivity index is 1.94. The lowest BCUT2D eigenvalue weighted by Crippen LogP contribution is -2.17. The molecule has 0 fully saturated rings. The van der Waals surface area contributed by atoms with Gasteiger partial charge in [0.1, 0.15) is 16.5 Å². The van der Waals surface area contributed by atoms with E-state index in [9.17, 15) is 14.5 Å². The summed E-state index contributed by atoms with van der Waals surface area (Å²) >= 11 is 0. The predicted molar refractivity (Wildman–Crippen MR) is 67.0 cm³/mol. The van der Waals surface area contributed by atoms with Gasteiger partial charge in [-0.2, -0.15) is 0 Å². The Labute approximate surface area is 109 Å². The summed E-state index contributed by atoms with van der Waals surface area (Å²) in [5, 5.41) is 13.6. The smallest absolute Gasteiger partial charge is 0.404 e. The number of nitrogens with zero attached hydrogens (tertiary/aromatic N) is 1. The van der Waals surface area contributed by atoms with Gasteiger partial charge < -0.3 is 9.73 Å². The van der Waals surface area contributed by atoms with E-state index in [0.29, 0.717) is 12.3 Å². The van der Waals surface area contributed by atoms with Gasteiger partial charge in [0.05, 0.1) is 12.6 Å². The van der Waals surface area contributed by atoms with Crippen LogP contribution in [0.1, 0.15) is 24.3 Å². The highest BCUT2D eigenvalue weighted by atomic mass is 19.1. The van der Waals surface area contributed by atoms with Crippen molar-refractivity contribution in [3.63, 3.8) is 0 Å². The highest BCUT2D eigenvalue weighted by molar-refractivity contribution is 5.20. The summed E-state index contributed by atoms with van der Waals surface area (Å²) in [4.78, 5) is 9.89. The van der Waals surface area contributed by atoms with Crippen molar-refractivity contribution in [3.05, 3.63) is 63.7 Å². The standard InChI is InChI=1S/C13H13FN2O3/c1-9(10-2-4-11(14)5-3-10)15-8-12-6-7-13(19-12)16(17)18/h2-7,9,15H,8H2,1H3/t9-/m1/s1. The van der Waals surface area contributed by atoms with Crippen molar-refractivity contribution in [3.8, 4) is 0 Å². The first-order valence-corrected chi connectivity index (χ1v) is 5.78. The molecule has 0 aliphatic heterocycles. The molecule has 6 heteroatoms. The van der Waals surface area contributed by atoms with Gasteiger partial charge in [0.25, 0.3) is 0 Å². The average Bonchev–Trinajstić information content (AvgIpc) is 2.86. The van der Waals surface area contributed by atoms with E-state index in [-0.39, 0.29) is 17.7 Å². The molecule has 0 aliphatic carbocycles. The quantitative estimate of drug-likeness (QED) is 0.665. The Morgan fingerprint density at radius 1 is 1.32 bits per heavy atom. The minimum atomic E-state index is -0.576. The molecule has 0 amide bonds. The van der Waals surface area contributed by atoms with E-state index in [1.54, 1.807) is 18.2 Å². The Morgan fingerprint density at radius 3 is 2.58 bits per heavy atom. The Morgan fingerprint density at radius 2 is 2.00 bits per heavy atom.